The van der Waals surface area contributed by atoms with E-state index in [-0.39, 0.29) is 23.3 Å². The number of nitrogens with zero attached hydrogens (tertiary/aromatic N) is 3. The second-order valence-electron chi connectivity index (χ2n) is 8.22. The largest absolute Gasteiger partial charge is 0.481 e. The molecular weight excluding hydrogens is 460 g/mol. The van der Waals surface area contributed by atoms with E-state index >= 15 is 0 Å². The first kappa shape index (κ1) is 23.9. The number of pyridine rings is 1. The molecule has 4 rings (SSSR count). The Bertz CT molecular complexity index is 1340. The fourth-order valence-electron chi connectivity index (χ4n) is 4.20. The summed E-state index contributed by atoms with van der Waals surface area (Å²) in [4.78, 5) is 22.9. The van der Waals surface area contributed by atoms with Crippen LogP contribution >= 0.6 is 0 Å². The Labute approximate surface area is 197 Å². The number of nitrogens with one attached hydrogen (secondary N) is 1. The highest BCUT2D eigenvalue weighted by Crippen LogP contribution is 2.34. The molecule has 11 heteroatoms. The van der Waals surface area contributed by atoms with E-state index in [1.54, 1.807) is 42.1 Å². The number of rotatable bonds is 7. The second-order valence-corrected chi connectivity index (χ2v) is 10.1. The van der Waals surface area contributed by atoms with Gasteiger partial charge in [0.2, 0.25) is 15.9 Å². The highest BCUT2D eigenvalue weighted by atomic mass is 32.2. The Hall–Kier alpha value is -3.28. The van der Waals surface area contributed by atoms with Crippen molar-refractivity contribution >= 4 is 33.1 Å². The number of aliphatic carboxylic acids is 1. The molecule has 34 heavy (non-hydrogen) atoms. The van der Waals surface area contributed by atoms with Crippen molar-refractivity contribution in [2.24, 2.45) is 0 Å². The summed E-state index contributed by atoms with van der Waals surface area (Å²) < 4.78 is 35.8. The molecular formula is C23H26N4O6S. The van der Waals surface area contributed by atoms with Crippen molar-refractivity contribution < 1.29 is 27.9 Å². The van der Waals surface area contributed by atoms with Crippen molar-refractivity contribution in [3.8, 4) is 11.1 Å². The number of fused-ring (bicyclic) bond motifs is 1. The maximum Gasteiger partial charge on any atom is 0.307 e. The molecule has 0 saturated carbocycles. The highest BCUT2D eigenvalue weighted by molar-refractivity contribution is 7.89. The number of sulfonamides is 1. The van der Waals surface area contributed by atoms with Gasteiger partial charge in [0.1, 0.15) is 0 Å². The van der Waals surface area contributed by atoms with Gasteiger partial charge in [-0.3, -0.25) is 9.59 Å². The first-order valence-electron chi connectivity index (χ1n) is 10.8. The summed E-state index contributed by atoms with van der Waals surface area (Å²) in [6, 6.07) is 8.22. The third-order valence-electron chi connectivity index (χ3n) is 5.91. The van der Waals surface area contributed by atoms with Crippen LogP contribution in [0.2, 0.25) is 0 Å². The smallest absolute Gasteiger partial charge is 0.307 e. The van der Waals surface area contributed by atoms with E-state index in [0.717, 1.165) is 0 Å². The normalized spacial score (nSPS) is 15.5. The zero-order valence-electron chi connectivity index (χ0n) is 18.9. The molecule has 1 aromatic carbocycles. The molecule has 0 bridgehead atoms. The van der Waals surface area contributed by atoms with Crippen molar-refractivity contribution in [1.29, 1.82) is 0 Å². The molecule has 1 amide bonds. The van der Waals surface area contributed by atoms with Crippen molar-refractivity contribution in [2.45, 2.75) is 37.2 Å². The molecule has 180 valence electrons. The Balaban J connectivity index is 1.81. The SMILES string of the molecule is COC1CCN(S(=O)(=O)c2cc(NC(C)=O)ccc2-c2ccn3ncc(CC(=O)O)c3c2)CC1. The highest BCUT2D eigenvalue weighted by Gasteiger charge is 2.31. The fourth-order valence-corrected chi connectivity index (χ4v) is 5.91. The van der Waals surface area contributed by atoms with Crippen LogP contribution in [0, 0.1) is 0 Å². The molecule has 0 radical (unpaired) electrons. The molecule has 0 spiro atoms. The van der Waals surface area contributed by atoms with E-state index in [2.05, 4.69) is 10.4 Å². The zero-order valence-corrected chi connectivity index (χ0v) is 19.7. The van der Waals surface area contributed by atoms with Gasteiger partial charge in [0, 0.05) is 50.1 Å². The molecule has 1 fully saturated rings. The molecule has 0 atom stereocenters. The Morgan fingerprint density at radius 1 is 1.21 bits per heavy atom. The summed E-state index contributed by atoms with van der Waals surface area (Å²) in [5, 5.41) is 16.0. The Morgan fingerprint density at radius 2 is 1.94 bits per heavy atom. The van der Waals surface area contributed by atoms with E-state index in [9.17, 15) is 23.1 Å². The van der Waals surface area contributed by atoms with Crippen LogP contribution in [0.15, 0.2) is 47.6 Å². The summed E-state index contributed by atoms with van der Waals surface area (Å²) in [5.74, 6) is -1.29. The minimum absolute atomic E-state index is 0.0218. The summed E-state index contributed by atoms with van der Waals surface area (Å²) in [7, 11) is -2.27. The monoisotopic (exact) mass is 486 g/mol. The summed E-state index contributed by atoms with van der Waals surface area (Å²) in [5.41, 5.74) is 2.52. The minimum Gasteiger partial charge on any atom is -0.481 e. The van der Waals surface area contributed by atoms with E-state index in [4.69, 9.17) is 4.74 Å². The molecule has 1 aliphatic rings. The molecule has 1 saturated heterocycles. The second kappa shape index (κ2) is 9.53. The molecule has 3 heterocycles. The van der Waals surface area contributed by atoms with E-state index in [0.29, 0.717) is 53.8 Å². The maximum atomic E-state index is 13.7. The topological polar surface area (TPSA) is 130 Å². The molecule has 2 N–H and O–H groups in total. The van der Waals surface area contributed by atoms with Gasteiger partial charge in [-0.1, -0.05) is 6.07 Å². The van der Waals surface area contributed by atoms with Gasteiger partial charge in [-0.2, -0.15) is 9.40 Å². The number of hydrogen-bond donors (Lipinski definition) is 2. The van der Waals surface area contributed by atoms with Gasteiger partial charge in [-0.05, 0) is 42.7 Å². The van der Waals surface area contributed by atoms with Gasteiger partial charge < -0.3 is 15.2 Å². The average Bonchev–Trinajstić information content (AvgIpc) is 3.20. The molecule has 1 aliphatic heterocycles. The van der Waals surface area contributed by atoms with Crippen molar-refractivity contribution in [2.75, 3.05) is 25.5 Å². The zero-order chi connectivity index (χ0) is 24.5. The number of amides is 1. The van der Waals surface area contributed by atoms with Gasteiger partial charge in [0.15, 0.2) is 0 Å². The van der Waals surface area contributed by atoms with Crippen LogP contribution in [0.1, 0.15) is 25.3 Å². The number of carbonyl (C=O) groups excluding carboxylic acids is 1. The Morgan fingerprint density at radius 3 is 2.59 bits per heavy atom. The lowest BCUT2D eigenvalue weighted by molar-refractivity contribution is -0.136. The first-order chi connectivity index (χ1) is 16.2. The van der Waals surface area contributed by atoms with Crippen LogP contribution in [-0.4, -0.2) is 65.6 Å². The van der Waals surface area contributed by atoms with Crippen molar-refractivity contribution in [1.82, 2.24) is 13.9 Å². The lowest BCUT2D eigenvalue weighted by Crippen LogP contribution is -2.40. The summed E-state index contributed by atoms with van der Waals surface area (Å²) in [6.45, 7) is 2.01. The van der Waals surface area contributed by atoms with Crippen LogP contribution in [0.5, 0.6) is 0 Å². The number of benzene rings is 1. The van der Waals surface area contributed by atoms with Gasteiger partial charge in [0.05, 0.1) is 29.1 Å². The van der Waals surface area contributed by atoms with Crippen molar-refractivity contribution in [3.63, 3.8) is 0 Å². The fraction of sp³-hybridized carbons (Fsp3) is 0.348. The van der Waals surface area contributed by atoms with Gasteiger partial charge in [-0.15, -0.1) is 0 Å². The number of carboxylic acids is 1. The predicted octanol–water partition coefficient (Wildman–Crippen LogP) is 2.39. The number of carboxylic acid groups (broad SMARTS) is 1. The van der Waals surface area contributed by atoms with Gasteiger partial charge in [0.25, 0.3) is 0 Å². The maximum absolute atomic E-state index is 13.7. The van der Waals surface area contributed by atoms with E-state index in [1.165, 1.54) is 23.5 Å². The lowest BCUT2D eigenvalue weighted by Gasteiger charge is -2.31. The standard InChI is InChI=1S/C23H26N4O6S/c1-15(28)25-18-3-4-20(16-5-10-27-21(11-16)17(14-24-27)12-23(29)30)22(13-18)34(31,32)26-8-6-19(33-2)7-9-26/h3-5,10-11,13-14,19H,6-9,12H2,1-2H3,(H,25,28)(H,29,30). The van der Waals surface area contributed by atoms with Crippen LogP contribution in [0.4, 0.5) is 5.69 Å². The van der Waals surface area contributed by atoms with E-state index in [1.807, 2.05) is 0 Å². The van der Waals surface area contributed by atoms with Gasteiger partial charge in [-0.25, -0.2) is 12.9 Å². The van der Waals surface area contributed by atoms with E-state index < -0.39 is 16.0 Å². The van der Waals surface area contributed by atoms with Crippen LogP contribution in [0.3, 0.4) is 0 Å². The number of ether oxygens (including phenoxy) is 1. The number of carbonyl (C=O) groups is 2. The molecule has 3 aromatic rings. The van der Waals surface area contributed by atoms with Gasteiger partial charge >= 0.3 is 5.97 Å². The molecule has 0 unspecified atom stereocenters. The lowest BCUT2D eigenvalue weighted by atomic mass is 10.0. The molecule has 10 nitrogen and oxygen atoms in total. The minimum atomic E-state index is -3.89. The van der Waals surface area contributed by atoms with Crippen molar-refractivity contribution in [3.05, 3.63) is 48.3 Å². The number of piperidine rings is 1. The third kappa shape index (κ3) is 4.81. The Kier molecular flexibility index (Phi) is 6.69. The van der Waals surface area contributed by atoms with Crippen LogP contribution in [0.25, 0.3) is 16.6 Å². The number of aromatic nitrogens is 2. The van der Waals surface area contributed by atoms with Crippen LogP contribution in [-0.2, 0) is 30.8 Å². The summed E-state index contributed by atoms with van der Waals surface area (Å²) in [6.07, 6.45) is 4.17. The average molecular weight is 487 g/mol. The quantitative estimate of drug-likeness (QED) is 0.524. The molecule has 2 aromatic heterocycles. The predicted molar refractivity (Wildman–Crippen MR) is 125 cm³/mol. The number of hydrogen-bond acceptors (Lipinski definition) is 6. The number of methoxy groups -OCH3 is 1. The first-order valence-corrected chi connectivity index (χ1v) is 12.3. The summed E-state index contributed by atoms with van der Waals surface area (Å²) >= 11 is 0. The third-order valence-corrected chi connectivity index (χ3v) is 7.85. The molecule has 0 aliphatic carbocycles. The number of anilines is 1. The van der Waals surface area contributed by atoms with Crippen LogP contribution < -0.4 is 5.32 Å².